The standard InChI is InChI=1S/C12H16N6/c1-3-7-5-9(17-11(13)15-7)10-6-8(4-2)16-12(14)18-10/h5-6H,3-4H2,1-2H3,(H2,13,15,17)(H2,14,16,18). The molecule has 0 bridgehead atoms. The van der Waals surface area contributed by atoms with Crippen LogP contribution in [0.2, 0.25) is 0 Å². The van der Waals surface area contributed by atoms with E-state index in [4.69, 9.17) is 11.5 Å². The fourth-order valence-corrected chi connectivity index (χ4v) is 1.66. The van der Waals surface area contributed by atoms with Gasteiger partial charge in [-0.15, -0.1) is 0 Å². The molecule has 6 heteroatoms. The van der Waals surface area contributed by atoms with Gasteiger partial charge in [-0.2, -0.15) is 0 Å². The van der Waals surface area contributed by atoms with E-state index >= 15 is 0 Å². The normalized spacial score (nSPS) is 10.6. The van der Waals surface area contributed by atoms with Crippen LogP contribution in [0, 0.1) is 0 Å². The first kappa shape index (κ1) is 12.2. The van der Waals surface area contributed by atoms with Crippen molar-refractivity contribution in [2.45, 2.75) is 26.7 Å². The maximum Gasteiger partial charge on any atom is 0.220 e. The minimum atomic E-state index is 0.250. The summed E-state index contributed by atoms with van der Waals surface area (Å²) in [4.78, 5) is 16.6. The van der Waals surface area contributed by atoms with E-state index in [1.54, 1.807) is 0 Å². The van der Waals surface area contributed by atoms with Gasteiger partial charge in [0, 0.05) is 11.4 Å². The predicted molar refractivity (Wildman–Crippen MR) is 70.6 cm³/mol. The second-order valence-corrected chi connectivity index (χ2v) is 3.91. The molecular formula is C12H16N6. The van der Waals surface area contributed by atoms with Crippen LogP contribution < -0.4 is 11.5 Å². The lowest BCUT2D eigenvalue weighted by Gasteiger charge is -2.06. The summed E-state index contributed by atoms with van der Waals surface area (Å²) in [6.45, 7) is 4.02. The minimum Gasteiger partial charge on any atom is -0.368 e. The molecule has 0 radical (unpaired) electrons. The zero-order valence-corrected chi connectivity index (χ0v) is 10.5. The van der Waals surface area contributed by atoms with E-state index in [-0.39, 0.29) is 11.9 Å². The average molecular weight is 244 g/mol. The molecular weight excluding hydrogens is 228 g/mol. The molecule has 0 aliphatic carbocycles. The topological polar surface area (TPSA) is 104 Å². The lowest BCUT2D eigenvalue weighted by atomic mass is 10.2. The smallest absolute Gasteiger partial charge is 0.220 e. The molecule has 0 unspecified atom stereocenters. The highest BCUT2D eigenvalue weighted by atomic mass is 15.0. The number of hydrogen-bond acceptors (Lipinski definition) is 6. The lowest BCUT2D eigenvalue weighted by molar-refractivity contribution is 0.991. The monoisotopic (exact) mass is 244 g/mol. The minimum absolute atomic E-state index is 0.250. The number of hydrogen-bond donors (Lipinski definition) is 2. The van der Waals surface area contributed by atoms with Crippen molar-refractivity contribution in [3.63, 3.8) is 0 Å². The Morgan fingerprint density at radius 1 is 0.778 bits per heavy atom. The van der Waals surface area contributed by atoms with E-state index in [1.165, 1.54) is 0 Å². The summed E-state index contributed by atoms with van der Waals surface area (Å²) < 4.78 is 0. The molecule has 0 aromatic carbocycles. The zero-order valence-electron chi connectivity index (χ0n) is 10.5. The Morgan fingerprint density at radius 2 is 1.17 bits per heavy atom. The SMILES string of the molecule is CCc1cc(-c2cc(CC)nc(N)n2)nc(N)n1. The number of nitrogens with zero attached hydrogens (tertiary/aromatic N) is 4. The van der Waals surface area contributed by atoms with Crippen LogP contribution in [0.25, 0.3) is 11.4 Å². The number of rotatable bonds is 3. The van der Waals surface area contributed by atoms with E-state index in [9.17, 15) is 0 Å². The van der Waals surface area contributed by atoms with Crippen molar-refractivity contribution in [2.24, 2.45) is 0 Å². The molecule has 0 saturated carbocycles. The quantitative estimate of drug-likeness (QED) is 0.841. The van der Waals surface area contributed by atoms with Crippen LogP contribution in [0.4, 0.5) is 11.9 Å². The third kappa shape index (κ3) is 2.53. The lowest BCUT2D eigenvalue weighted by Crippen LogP contribution is -2.04. The van der Waals surface area contributed by atoms with Crippen LogP contribution in [-0.4, -0.2) is 19.9 Å². The molecule has 6 nitrogen and oxygen atoms in total. The average Bonchev–Trinajstić information content (AvgIpc) is 2.37. The van der Waals surface area contributed by atoms with Gasteiger partial charge >= 0.3 is 0 Å². The molecule has 18 heavy (non-hydrogen) atoms. The first-order chi connectivity index (χ1) is 8.62. The third-order valence-corrected chi connectivity index (χ3v) is 2.58. The van der Waals surface area contributed by atoms with E-state index in [2.05, 4.69) is 19.9 Å². The van der Waals surface area contributed by atoms with Gasteiger partial charge in [0.15, 0.2) is 0 Å². The van der Waals surface area contributed by atoms with Crippen LogP contribution in [0.5, 0.6) is 0 Å². The van der Waals surface area contributed by atoms with Crippen LogP contribution in [0.15, 0.2) is 12.1 Å². The molecule has 2 heterocycles. The molecule has 0 atom stereocenters. The van der Waals surface area contributed by atoms with Gasteiger partial charge in [-0.1, -0.05) is 13.8 Å². The van der Waals surface area contributed by atoms with Crippen molar-refractivity contribution in [1.29, 1.82) is 0 Å². The van der Waals surface area contributed by atoms with Gasteiger partial charge in [-0.3, -0.25) is 0 Å². The molecule has 94 valence electrons. The number of aryl methyl sites for hydroxylation is 2. The summed E-state index contributed by atoms with van der Waals surface area (Å²) in [5.74, 6) is 0.499. The summed E-state index contributed by atoms with van der Waals surface area (Å²) in [5.41, 5.74) is 14.5. The van der Waals surface area contributed by atoms with E-state index < -0.39 is 0 Å². The van der Waals surface area contributed by atoms with E-state index in [0.717, 1.165) is 24.2 Å². The Kier molecular flexibility index (Phi) is 3.36. The molecule has 0 aliphatic heterocycles. The summed E-state index contributed by atoms with van der Waals surface area (Å²) in [5, 5.41) is 0. The highest BCUT2D eigenvalue weighted by molar-refractivity contribution is 5.57. The predicted octanol–water partition coefficient (Wildman–Crippen LogP) is 1.22. The fraction of sp³-hybridized carbons (Fsp3) is 0.333. The van der Waals surface area contributed by atoms with E-state index in [1.807, 2.05) is 26.0 Å². The summed E-state index contributed by atoms with van der Waals surface area (Å²) in [6, 6.07) is 3.75. The summed E-state index contributed by atoms with van der Waals surface area (Å²) >= 11 is 0. The zero-order chi connectivity index (χ0) is 13.1. The highest BCUT2D eigenvalue weighted by Gasteiger charge is 2.08. The van der Waals surface area contributed by atoms with Crippen molar-refractivity contribution >= 4 is 11.9 Å². The number of anilines is 2. The Hall–Kier alpha value is -2.24. The van der Waals surface area contributed by atoms with E-state index in [0.29, 0.717) is 11.4 Å². The summed E-state index contributed by atoms with van der Waals surface area (Å²) in [6.07, 6.45) is 1.59. The molecule has 0 aliphatic rings. The Bertz CT molecular complexity index is 515. The van der Waals surface area contributed by atoms with Crippen molar-refractivity contribution in [2.75, 3.05) is 11.5 Å². The van der Waals surface area contributed by atoms with Gasteiger partial charge in [0.05, 0.1) is 11.4 Å². The Morgan fingerprint density at radius 3 is 1.50 bits per heavy atom. The van der Waals surface area contributed by atoms with Gasteiger partial charge in [0.1, 0.15) is 0 Å². The number of aromatic nitrogens is 4. The first-order valence-electron chi connectivity index (χ1n) is 5.89. The Labute approximate surface area is 106 Å². The maximum absolute atomic E-state index is 5.68. The molecule has 2 rings (SSSR count). The van der Waals surface area contributed by atoms with Crippen LogP contribution >= 0.6 is 0 Å². The van der Waals surface area contributed by atoms with Crippen LogP contribution in [-0.2, 0) is 12.8 Å². The molecule has 0 spiro atoms. The number of nitrogens with two attached hydrogens (primary N) is 2. The molecule has 2 aromatic heterocycles. The molecule has 0 saturated heterocycles. The van der Waals surface area contributed by atoms with Crippen molar-refractivity contribution < 1.29 is 0 Å². The summed E-state index contributed by atoms with van der Waals surface area (Å²) in [7, 11) is 0. The Balaban J connectivity index is 2.53. The molecule has 4 N–H and O–H groups in total. The van der Waals surface area contributed by atoms with Gasteiger partial charge < -0.3 is 11.5 Å². The van der Waals surface area contributed by atoms with Crippen molar-refractivity contribution in [3.8, 4) is 11.4 Å². The maximum atomic E-state index is 5.68. The first-order valence-corrected chi connectivity index (χ1v) is 5.89. The molecule has 2 aromatic rings. The molecule has 0 fully saturated rings. The third-order valence-electron chi connectivity index (χ3n) is 2.58. The van der Waals surface area contributed by atoms with Crippen LogP contribution in [0.3, 0.4) is 0 Å². The van der Waals surface area contributed by atoms with Gasteiger partial charge in [-0.25, -0.2) is 19.9 Å². The van der Waals surface area contributed by atoms with Gasteiger partial charge in [-0.05, 0) is 25.0 Å². The largest absolute Gasteiger partial charge is 0.368 e. The van der Waals surface area contributed by atoms with Crippen LogP contribution in [0.1, 0.15) is 25.2 Å². The van der Waals surface area contributed by atoms with Crippen molar-refractivity contribution in [1.82, 2.24) is 19.9 Å². The number of nitrogen functional groups attached to an aromatic ring is 2. The second-order valence-electron chi connectivity index (χ2n) is 3.91. The van der Waals surface area contributed by atoms with Gasteiger partial charge in [0.25, 0.3) is 0 Å². The fourth-order valence-electron chi connectivity index (χ4n) is 1.66. The second kappa shape index (κ2) is 4.95. The van der Waals surface area contributed by atoms with Crippen molar-refractivity contribution in [3.05, 3.63) is 23.5 Å². The highest BCUT2D eigenvalue weighted by Crippen LogP contribution is 2.18. The molecule has 0 amide bonds. The van der Waals surface area contributed by atoms with Gasteiger partial charge in [0.2, 0.25) is 11.9 Å².